The minimum atomic E-state index is -1.25. The predicted octanol–water partition coefficient (Wildman–Crippen LogP) is 3.54. The summed E-state index contributed by atoms with van der Waals surface area (Å²) in [6.45, 7) is 0.203. The van der Waals surface area contributed by atoms with Crippen LogP contribution in [0.4, 0.5) is 28.9 Å². The Bertz CT molecular complexity index is 967. The van der Waals surface area contributed by atoms with E-state index < -0.39 is 28.9 Å². The highest BCUT2D eigenvalue weighted by molar-refractivity contribution is 5.94. The topological polar surface area (TPSA) is 61.8 Å². The van der Waals surface area contributed by atoms with Gasteiger partial charge in [0.2, 0.25) is 5.91 Å². The van der Waals surface area contributed by atoms with E-state index in [1.54, 1.807) is 0 Å². The first kappa shape index (κ1) is 20.5. The molecule has 0 radical (unpaired) electrons. The zero-order valence-corrected chi connectivity index (χ0v) is 16.0. The second kappa shape index (κ2) is 7.79. The van der Waals surface area contributed by atoms with Gasteiger partial charge in [-0.2, -0.15) is 0 Å². The number of rotatable bonds is 4. The largest absolute Gasteiger partial charge is 0.490 e. The van der Waals surface area contributed by atoms with E-state index >= 15 is 0 Å². The monoisotopic (exact) mass is 424 g/mol. The minimum absolute atomic E-state index is 0.0906. The van der Waals surface area contributed by atoms with Gasteiger partial charge in [-0.05, 0) is 31.4 Å². The van der Waals surface area contributed by atoms with E-state index in [2.05, 4.69) is 5.32 Å². The number of amides is 1. The van der Waals surface area contributed by atoms with Crippen molar-refractivity contribution in [1.29, 1.82) is 0 Å². The fourth-order valence-corrected chi connectivity index (χ4v) is 3.90. The number of hydrogen-bond acceptors (Lipinski definition) is 4. The van der Waals surface area contributed by atoms with Gasteiger partial charge >= 0.3 is 0 Å². The van der Waals surface area contributed by atoms with Crippen LogP contribution in [0.1, 0.15) is 24.8 Å². The number of nitrogens with one attached hydrogen (secondary N) is 1. The summed E-state index contributed by atoms with van der Waals surface area (Å²) in [5.74, 6) is -3.43. The maximum Gasteiger partial charge on any atom is 0.224 e. The lowest BCUT2D eigenvalue weighted by Gasteiger charge is -2.39. The molecule has 1 fully saturated rings. The number of anilines is 2. The molecule has 2 aliphatic rings. The molecule has 2 heterocycles. The molecule has 0 aliphatic carbocycles. The van der Waals surface area contributed by atoms with Crippen molar-refractivity contribution in [2.24, 2.45) is 0 Å². The normalized spacial score (nSPS) is 18.0. The SMILES string of the molecule is O=C1CCc2c(OCC3(O)CCN(c4c(F)cc(F)cc4F)CC3)ccc(F)c2N1. The van der Waals surface area contributed by atoms with Crippen LogP contribution in [-0.4, -0.2) is 36.3 Å². The highest BCUT2D eigenvalue weighted by Crippen LogP contribution is 2.35. The van der Waals surface area contributed by atoms with Crippen LogP contribution < -0.4 is 15.0 Å². The Morgan fingerprint density at radius 3 is 2.37 bits per heavy atom. The Kier molecular flexibility index (Phi) is 5.31. The molecule has 160 valence electrons. The predicted molar refractivity (Wildman–Crippen MR) is 102 cm³/mol. The summed E-state index contributed by atoms with van der Waals surface area (Å²) >= 11 is 0. The van der Waals surface area contributed by atoms with E-state index in [4.69, 9.17) is 4.74 Å². The molecular weight excluding hydrogens is 404 g/mol. The van der Waals surface area contributed by atoms with Crippen molar-refractivity contribution in [3.05, 3.63) is 53.1 Å². The van der Waals surface area contributed by atoms with Crippen LogP contribution >= 0.6 is 0 Å². The molecule has 2 aromatic carbocycles. The van der Waals surface area contributed by atoms with Crippen LogP contribution in [0.15, 0.2) is 24.3 Å². The fourth-order valence-electron chi connectivity index (χ4n) is 3.90. The van der Waals surface area contributed by atoms with Crippen LogP contribution in [0.25, 0.3) is 0 Å². The van der Waals surface area contributed by atoms with Gasteiger partial charge in [0.1, 0.15) is 35.3 Å². The smallest absolute Gasteiger partial charge is 0.224 e. The fraction of sp³-hybridized carbons (Fsp3) is 0.381. The third kappa shape index (κ3) is 3.94. The first-order chi connectivity index (χ1) is 14.3. The Labute approximate surface area is 170 Å². The number of nitrogens with zero attached hydrogens (tertiary/aromatic N) is 1. The molecule has 0 bridgehead atoms. The van der Waals surface area contributed by atoms with Crippen molar-refractivity contribution in [2.45, 2.75) is 31.3 Å². The summed E-state index contributed by atoms with van der Waals surface area (Å²) in [6, 6.07) is 3.89. The number of ether oxygens (including phenoxy) is 1. The number of piperidine rings is 1. The van der Waals surface area contributed by atoms with Crippen molar-refractivity contribution in [1.82, 2.24) is 0 Å². The van der Waals surface area contributed by atoms with Crippen molar-refractivity contribution < 1.29 is 32.2 Å². The highest BCUT2D eigenvalue weighted by Gasteiger charge is 2.35. The summed E-state index contributed by atoms with van der Waals surface area (Å²) in [6.07, 6.45) is 0.872. The summed E-state index contributed by atoms with van der Waals surface area (Å²) in [5, 5.41) is 13.3. The molecular formula is C21H20F4N2O3. The Morgan fingerprint density at radius 2 is 1.70 bits per heavy atom. The molecule has 9 heteroatoms. The maximum atomic E-state index is 14.0. The average Bonchev–Trinajstić information content (AvgIpc) is 2.69. The Morgan fingerprint density at radius 1 is 1.03 bits per heavy atom. The number of aliphatic hydroxyl groups is 1. The number of halogens is 4. The molecule has 0 spiro atoms. The third-order valence-corrected chi connectivity index (χ3v) is 5.57. The number of fused-ring (bicyclic) bond motifs is 1. The lowest BCUT2D eigenvalue weighted by molar-refractivity contribution is -0.116. The van der Waals surface area contributed by atoms with Crippen LogP contribution in [0.3, 0.4) is 0 Å². The van der Waals surface area contributed by atoms with Gasteiger partial charge in [0.15, 0.2) is 11.6 Å². The van der Waals surface area contributed by atoms with Crippen molar-refractivity contribution in [3.8, 4) is 5.75 Å². The first-order valence-corrected chi connectivity index (χ1v) is 9.62. The second-order valence-electron chi connectivity index (χ2n) is 7.67. The highest BCUT2D eigenvalue weighted by atomic mass is 19.1. The second-order valence-corrected chi connectivity index (χ2v) is 7.67. The van der Waals surface area contributed by atoms with E-state index in [1.807, 2.05) is 0 Å². The van der Waals surface area contributed by atoms with E-state index in [0.717, 1.165) is 0 Å². The number of benzene rings is 2. The zero-order chi connectivity index (χ0) is 21.5. The number of hydrogen-bond donors (Lipinski definition) is 2. The van der Waals surface area contributed by atoms with Gasteiger partial charge in [-0.15, -0.1) is 0 Å². The molecule has 0 saturated carbocycles. The standard InChI is InChI=1S/C21H20F4N2O3/c22-12-9-15(24)20(16(25)10-12)27-7-5-21(29,6-8-27)11-30-17-3-2-14(23)19-13(17)1-4-18(28)26-19/h2-3,9-10,29H,1,4-8,11H2,(H,26,28). The van der Waals surface area contributed by atoms with Gasteiger partial charge < -0.3 is 20.1 Å². The minimum Gasteiger partial charge on any atom is -0.490 e. The van der Waals surface area contributed by atoms with Crippen molar-refractivity contribution in [3.63, 3.8) is 0 Å². The molecule has 5 nitrogen and oxygen atoms in total. The quantitative estimate of drug-likeness (QED) is 0.738. The van der Waals surface area contributed by atoms with Crippen molar-refractivity contribution >= 4 is 17.3 Å². The lowest BCUT2D eigenvalue weighted by atomic mass is 9.92. The molecule has 2 N–H and O–H groups in total. The van der Waals surface area contributed by atoms with E-state index in [0.29, 0.717) is 29.9 Å². The molecule has 1 saturated heterocycles. The van der Waals surface area contributed by atoms with Crippen LogP contribution in [-0.2, 0) is 11.2 Å². The summed E-state index contributed by atoms with van der Waals surface area (Å²) in [4.78, 5) is 12.9. The number of carbonyl (C=O) groups is 1. The molecule has 0 atom stereocenters. The molecule has 4 rings (SSSR count). The third-order valence-electron chi connectivity index (χ3n) is 5.57. The Hall–Kier alpha value is -2.81. The molecule has 0 unspecified atom stereocenters. The van der Waals surface area contributed by atoms with E-state index in [1.165, 1.54) is 17.0 Å². The summed E-state index contributed by atoms with van der Waals surface area (Å²) in [5.41, 5.74) is -0.940. The molecule has 2 aliphatic heterocycles. The molecule has 1 amide bonds. The van der Waals surface area contributed by atoms with Gasteiger partial charge in [-0.3, -0.25) is 4.79 Å². The number of carbonyl (C=O) groups excluding carboxylic acids is 1. The van der Waals surface area contributed by atoms with Crippen LogP contribution in [0.2, 0.25) is 0 Å². The van der Waals surface area contributed by atoms with Gasteiger partial charge in [0, 0.05) is 37.2 Å². The average molecular weight is 424 g/mol. The molecule has 0 aromatic heterocycles. The van der Waals surface area contributed by atoms with Gasteiger partial charge in [0.25, 0.3) is 0 Å². The van der Waals surface area contributed by atoms with E-state index in [9.17, 15) is 27.5 Å². The Balaban J connectivity index is 1.43. The molecule has 30 heavy (non-hydrogen) atoms. The van der Waals surface area contributed by atoms with Crippen LogP contribution in [0, 0.1) is 23.3 Å². The van der Waals surface area contributed by atoms with Gasteiger partial charge in [-0.25, -0.2) is 17.6 Å². The van der Waals surface area contributed by atoms with Crippen molar-refractivity contribution in [2.75, 3.05) is 29.9 Å². The zero-order valence-electron chi connectivity index (χ0n) is 16.0. The van der Waals surface area contributed by atoms with Gasteiger partial charge in [-0.1, -0.05) is 0 Å². The van der Waals surface area contributed by atoms with Gasteiger partial charge in [0.05, 0.1) is 5.69 Å². The van der Waals surface area contributed by atoms with E-state index in [-0.39, 0.29) is 56.2 Å². The first-order valence-electron chi connectivity index (χ1n) is 9.62. The maximum absolute atomic E-state index is 14.0. The summed E-state index contributed by atoms with van der Waals surface area (Å²) < 4.78 is 60.9. The summed E-state index contributed by atoms with van der Waals surface area (Å²) in [7, 11) is 0. The lowest BCUT2D eigenvalue weighted by Crippen LogP contribution is -2.48. The van der Waals surface area contributed by atoms with Crippen LogP contribution in [0.5, 0.6) is 5.75 Å². The molecule has 2 aromatic rings.